The van der Waals surface area contributed by atoms with E-state index in [2.05, 4.69) is 9.97 Å². The molecule has 0 atom stereocenters. The SMILES string of the molecule is O=C(CC(F)(F)F)N1CCc2nc[nH]c2C1. The van der Waals surface area contributed by atoms with Gasteiger partial charge in [-0.15, -0.1) is 0 Å². The average Bonchev–Trinajstić information content (AvgIpc) is 2.61. The predicted molar refractivity (Wildman–Crippen MR) is 48.4 cm³/mol. The van der Waals surface area contributed by atoms with Crippen molar-refractivity contribution in [3.05, 3.63) is 17.7 Å². The molecule has 1 aromatic rings. The van der Waals surface area contributed by atoms with Gasteiger partial charge in [-0.3, -0.25) is 4.79 Å². The van der Waals surface area contributed by atoms with E-state index in [4.69, 9.17) is 0 Å². The fraction of sp³-hybridized carbons (Fsp3) is 0.556. The predicted octanol–water partition coefficient (Wildman–Crippen LogP) is 1.25. The molecule has 0 fully saturated rings. The number of alkyl halides is 3. The maximum absolute atomic E-state index is 12.0. The molecule has 0 radical (unpaired) electrons. The van der Waals surface area contributed by atoms with Crippen LogP contribution in [0.2, 0.25) is 0 Å². The number of rotatable bonds is 1. The van der Waals surface area contributed by atoms with Crippen molar-refractivity contribution in [2.75, 3.05) is 6.54 Å². The first-order chi connectivity index (χ1) is 7.46. The Balaban J connectivity index is 2.01. The number of aromatic amines is 1. The minimum atomic E-state index is -4.44. The van der Waals surface area contributed by atoms with Gasteiger partial charge in [-0.25, -0.2) is 4.98 Å². The van der Waals surface area contributed by atoms with E-state index in [0.717, 1.165) is 11.4 Å². The van der Waals surface area contributed by atoms with E-state index in [-0.39, 0.29) is 6.54 Å². The van der Waals surface area contributed by atoms with Crippen LogP contribution < -0.4 is 0 Å². The van der Waals surface area contributed by atoms with Crippen LogP contribution in [-0.2, 0) is 17.8 Å². The Morgan fingerprint density at radius 3 is 3.00 bits per heavy atom. The van der Waals surface area contributed by atoms with Crippen molar-refractivity contribution in [1.82, 2.24) is 14.9 Å². The zero-order chi connectivity index (χ0) is 11.8. The van der Waals surface area contributed by atoms with Gasteiger partial charge in [0.15, 0.2) is 0 Å². The third-order valence-electron chi connectivity index (χ3n) is 2.48. The zero-order valence-electron chi connectivity index (χ0n) is 8.34. The lowest BCUT2D eigenvalue weighted by molar-refractivity contribution is -0.162. The molecule has 7 heteroatoms. The number of amides is 1. The number of halogens is 3. The Hall–Kier alpha value is -1.53. The Morgan fingerprint density at radius 1 is 1.56 bits per heavy atom. The maximum Gasteiger partial charge on any atom is 0.397 e. The van der Waals surface area contributed by atoms with Crippen LogP contribution in [0.25, 0.3) is 0 Å². The van der Waals surface area contributed by atoms with Gasteiger partial charge in [-0.2, -0.15) is 13.2 Å². The molecule has 4 nitrogen and oxygen atoms in total. The van der Waals surface area contributed by atoms with Crippen molar-refractivity contribution in [3.8, 4) is 0 Å². The Morgan fingerprint density at radius 2 is 2.31 bits per heavy atom. The first-order valence-corrected chi connectivity index (χ1v) is 4.81. The van der Waals surface area contributed by atoms with Gasteiger partial charge in [-0.05, 0) is 0 Å². The van der Waals surface area contributed by atoms with Crippen LogP contribution in [0, 0.1) is 0 Å². The second kappa shape index (κ2) is 3.80. The summed E-state index contributed by atoms with van der Waals surface area (Å²) in [5.41, 5.74) is 1.55. The van der Waals surface area contributed by atoms with Crippen molar-refractivity contribution in [3.63, 3.8) is 0 Å². The molecule has 0 aromatic carbocycles. The van der Waals surface area contributed by atoms with E-state index in [1.165, 1.54) is 11.2 Å². The maximum atomic E-state index is 12.0. The lowest BCUT2D eigenvalue weighted by Gasteiger charge is -2.26. The van der Waals surface area contributed by atoms with Gasteiger partial charge >= 0.3 is 6.18 Å². The third kappa shape index (κ3) is 2.34. The van der Waals surface area contributed by atoms with E-state index in [0.29, 0.717) is 13.0 Å². The largest absolute Gasteiger partial charge is 0.397 e. The van der Waals surface area contributed by atoms with Crippen LogP contribution in [0.5, 0.6) is 0 Å². The van der Waals surface area contributed by atoms with Crippen molar-refractivity contribution >= 4 is 5.91 Å². The molecule has 0 spiro atoms. The number of hydrogen-bond acceptors (Lipinski definition) is 2. The van der Waals surface area contributed by atoms with Gasteiger partial charge in [0.2, 0.25) is 5.91 Å². The number of carbonyl (C=O) groups is 1. The molecule has 1 aliphatic heterocycles. The van der Waals surface area contributed by atoms with Crippen molar-refractivity contribution in [2.24, 2.45) is 0 Å². The summed E-state index contributed by atoms with van der Waals surface area (Å²) in [4.78, 5) is 19.3. The van der Waals surface area contributed by atoms with Gasteiger partial charge in [0.05, 0.1) is 24.3 Å². The molecule has 2 rings (SSSR count). The molecule has 16 heavy (non-hydrogen) atoms. The van der Waals surface area contributed by atoms with Gasteiger partial charge in [0.1, 0.15) is 6.42 Å². The van der Waals surface area contributed by atoms with Gasteiger partial charge in [-0.1, -0.05) is 0 Å². The van der Waals surface area contributed by atoms with Gasteiger partial charge in [0, 0.05) is 13.0 Å². The van der Waals surface area contributed by atoms with Gasteiger partial charge < -0.3 is 9.88 Å². The van der Waals surface area contributed by atoms with Crippen LogP contribution in [-0.4, -0.2) is 33.5 Å². The fourth-order valence-corrected chi connectivity index (χ4v) is 1.71. The summed E-state index contributed by atoms with van der Waals surface area (Å²) in [5, 5.41) is 0. The molecular formula is C9H10F3N3O. The highest BCUT2D eigenvalue weighted by molar-refractivity contribution is 5.77. The summed E-state index contributed by atoms with van der Waals surface area (Å²) in [5.74, 6) is -0.882. The molecule has 1 amide bonds. The molecule has 1 N–H and O–H groups in total. The lowest BCUT2D eigenvalue weighted by atomic mass is 10.1. The Labute approximate surface area is 89.5 Å². The molecular weight excluding hydrogens is 223 g/mol. The van der Waals surface area contributed by atoms with Crippen LogP contribution in [0.4, 0.5) is 13.2 Å². The van der Waals surface area contributed by atoms with E-state index in [1.54, 1.807) is 0 Å². The Bertz CT molecular complexity index is 399. The smallest absolute Gasteiger partial charge is 0.347 e. The van der Waals surface area contributed by atoms with E-state index in [9.17, 15) is 18.0 Å². The van der Waals surface area contributed by atoms with Gasteiger partial charge in [0.25, 0.3) is 0 Å². The Kier molecular flexibility index (Phi) is 2.61. The average molecular weight is 233 g/mol. The minimum absolute atomic E-state index is 0.185. The fourth-order valence-electron chi connectivity index (χ4n) is 1.71. The van der Waals surface area contributed by atoms with Crippen molar-refractivity contribution in [2.45, 2.75) is 25.6 Å². The standard InChI is InChI=1S/C9H10F3N3O/c10-9(11,12)3-8(16)15-2-1-6-7(4-15)14-5-13-6/h5H,1-4H2,(H,13,14). The molecule has 0 saturated heterocycles. The number of H-pyrrole nitrogens is 1. The molecule has 2 heterocycles. The van der Waals surface area contributed by atoms with Crippen LogP contribution in [0.15, 0.2) is 6.33 Å². The number of aromatic nitrogens is 2. The highest BCUT2D eigenvalue weighted by Crippen LogP contribution is 2.23. The van der Waals surface area contributed by atoms with Crippen molar-refractivity contribution < 1.29 is 18.0 Å². The zero-order valence-corrected chi connectivity index (χ0v) is 8.34. The van der Waals surface area contributed by atoms with E-state index < -0.39 is 18.5 Å². The first kappa shape index (κ1) is 11.0. The number of fused-ring (bicyclic) bond motifs is 1. The number of carbonyl (C=O) groups excluding carboxylic acids is 1. The van der Waals surface area contributed by atoms with Crippen LogP contribution in [0.1, 0.15) is 17.8 Å². The summed E-state index contributed by atoms with van der Waals surface area (Å²) < 4.78 is 36.1. The number of hydrogen-bond donors (Lipinski definition) is 1. The molecule has 1 aromatic heterocycles. The summed E-state index contributed by atoms with van der Waals surface area (Å²) in [7, 11) is 0. The minimum Gasteiger partial charge on any atom is -0.347 e. The molecule has 1 aliphatic rings. The topological polar surface area (TPSA) is 49.0 Å². The molecule has 88 valence electrons. The third-order valence-corrected chi connectivity index (χ3v) is 2.48. The highest BCUT2D eigenvalue weighted by atomic mass is 19.4. The molecule has 0 saturated carbocycles. The number of nitrogens with zero attached hydrogens (tertiary/aromatic N) is 2. The quantitative estimate of drug-likeness (QED) is 0.793. The lowest BCUT2D eigenvalue weighted by Crippen LogP contribution is -2.38. The first-order valence-electron chi connectivity index (χ1n) is 4.81. The van der Waals surface area contributed by atoms with Crippen LogP contribution >= 0.6 is 0 Å². The second-order valence-electron chi connectivity index (χ2n) is 3.69. The summed E-state index contributed by atoms with van der Waals surface area (Å²) in [6, 6.07) is 0. The molecule has 0 bridgehead atoms. The summed E-state index contributed by atoms with van der Waals surface area (Å²) in [6.45, 7) is 0.483. The molecule has 0 aliphatic carbocycles. The summed E-state index contributed by atoms with van der Waals surface area (Å²) >= 11 is 0. The second-order valence-corrected chi connectivity index (χ2v) is 3.69. The molecule has 0 unspecified atom stereocenters. The number of nitrogens with one attached hydrogen (secondary N) is 1. The normalized spacial score (nSPS) is 16.1. The van der Waals surface area contributed by atoms with E-state index in [1.807, 2.05) is 0 Å². The highest BCUT2D eigenvalue weighted by Gasteiger charge is 2.34. The monoisotopic (exact) mass is 233 g/mol. The van der Waals surface area contributed by atoms with Crippen LogP contribution in [0.3, 0.4) is 0 Å². The van der Waals surface area contributed by atoms with Crippen molar-refractivity contribution in [1.29, 1.82) is 0 Å². The summed E-state index contributed by atoms with van der Waals surface area (Å²) in [6.07, 6.45) is -3.84. The van der Waals surface area contributed by atoms with E-state index >= 15 is 0 Å². The number of imidazole rings is 1.